The average molecular weight is 305 g/mol. The molecule has 2 rings (SSSR count). The molecule has 0 bridgehead atoms. The van der Waals surface area contributed by atoms with E-state index < -0.39 is 0 Å². The summed E-state index contributed by atoms with van der Waals surface area (Å²) < 4.78 is 5.44. The van der Waals surface area contributed by atoms with Crippen LogP contribution in [-0.4, -0.2) is 25.6 Å². The Balaban J connectivity index is 2.18. The Morgan fingerprint density at radius 1 is 1.14 bits per heavy atom. The van der Waals surface area contributed by atoms with Crippen molar-refractivity contribution in [3.8, 4) is 5.75 Å². The number of hydrogen-bond acceptors (Lipinski definition) is 3. The molecule has 2 N–H and O–H groups in total. The third-order valence-electron chi connectivity index (χ3n) is 3.60. The molecule has 0 spiro atoms. The lowest BCUT2D eigenvalue weighted by Gasteiger charge is -2.28. The van der Waals surface area contributed by atoms with Crippen LogP contribution in [0.3, 0.4) is 0 Å². The van der Waals surface area contributed by atoms with Crippen molar-refractivity contribution in [1.82, 2.24) is 4.90 Å². The summed E-state index contributed by atoms with van der Waals surface area (Å²) >= 11 is 5.92. The largest absolute Gasteiger partial charge is 0.496 e. The minimum atomic E-state index is 0.108. The second kappa shape index (κ2) is 7.46. The lowest BCUT2D eigenvalue weighted by atomic mass is 10.0. The summed E-state index contributed by atoms with van der Waals surface area (Å²) in [4.78, 5) is 2.22. The minimum Gasteiger partial charge on any atom is -0.496 e. The monoisotopic (exact) mass is 304 g/mol. The van der Waals surface area contributed by atoms with Gasteiger partial charge >= 0.3 is 0 Å². The first-order valence-corrected chi connectivity index (χ1v) is 7.31. The fourth-order valence-corrected chi connectivity index (χ4v) is 2.60. The second-order valence-corrected chi connectivity index (χ2v) is 5.47. The van der Waals surface area contributed by atoms with E-state index in [-0.39, 0.29) is 6.04 Å². The highest BCUT2D eigenvalue weighted by Gasteiger charge is 2.19. The number of benzene rings is 2. The molecule has 0 radical (unpaired) electrons. The third kappa shape index (κ3) is 3.97. The quantitative estimate of drug-likeness (QED) is 0.888. The summed E-state index contributed by atoms with van der Waals surface area (Å²) in [6.45, 7) is 1.33. The van der Waals surface area contributed by atoms with E-state index in [4.69, 9.17) is 22.1 Å². The van der Waals surface area contributed by atoms with Gasteiger partial charge in [-0.25, -0.2) is 0 Å². The number of hydrogen-bond donors (Lipinski definition) is 1. The zero-order valence-corrected chi connectivity index (χ0v) is 13.2. The van der Waals surface area contributed by atoms with E-state index in [9.17, 15) is 0 Å². The number of methoxy groups -OCH3 is 1. The van der Waals surface area contributed by atoms with Gasteiger partial charge in [-0.05, 0) is 30.8 Å². The number of para-hydroxylation sites is 1. The van der Waals surface area contributed by atoms with Crippen molar-refractivity contribution in [1.29, 1.82) is 0 Å². The smallest absolute Gasteiger partial charge is 0.123 e. The maximum atomic E-state index is 5.99. The molecule has 1 unspecified atom stereocenters. The summed E-state index contributed by atoms with van der Waals surface area (Å²) in [5.41, 5.74) is 8.30. The van der Waals surface area contributed by atoms with Crippen LogP contribution in [0.15, 0.2) is 48.5 Å². The van der Waals surface area contributed by atoms with E-state index in [1.165, 1.54) is 5.56 Å². The molecule has 0 saturated carbocycles. The summed E-state index contributed by atoms with van der Waals surface area (Å²) in [6.07, 6.45) is 0. The third-order valence-corrected chi connectivity index (χ3v) is 3.85. The van der Waals surface area contributed by atoms with E-state index >= 15 is 0 Å². The number of nitrogens with two attached hydrogens (primary N) is 1. The molecular weight excluding hydrogens is 284 g/mol. The average Bonchev–Trinajstić information content (AvgIpc) is 2.51. The Hall–Kier alpha value is -1.55. The molecule has 0 aliphatic heterocycles. The topological polar surface area (TPSA) is 38.5 Å². The molecule has 0 heterocycles. The fraction of sp³-hybridized carbons (Fsp3) is 0.294. The molecule has 0 aromatic heterocycles. The van der Waals surface area contributed by atoms with Crippen LogP contribution in [0, 0.1) is 0 Å². The summed E-state index contributed by atoms with van der Waals surface area (Å²) in [6, 6.07) is 16.0. The van der Waals surface area contributed by atoms with Crippen LogP contribution in [0.5, 0.6) is 5.75 Å². The molecule has 4 heteroatoms. The Bertz CT molecular complexity index is 571. The van der Waals surface area contributed by atoms with Crippen molar-refractivity contribution < 1.29 is 4.74 Å². The van der Waals surface area contributed by atoms with Gasteiger partial charge in [0.1, 0.15) is 5.75 Å². The van der Waals surface area contributed by atoms with Crippen molar-refractivity contribution in [2.24, 2.45) is 5.73 Å². The van der Waals surface area contributed by atoms with Crippen LogP contribution in [-0.2, 0) is 6.54 Å². The van der Waals surface area contributed by atoms with Crippen molar-refractivity contribution in [3.63, 3.8) is 0 Å². The van der Waals surface area contributed by atoms with Gasteiger partial charge in [-0.1, -0.05) is 41.9 Å². The highest BCUT2D eigenvalue weighted by atomic mass is 35.5. The molecule has 1 atom stereocenters. The first-order valence-electron chi connectivity index (χ1n) is 6.93. The highest BCUT2D eigenvalue weighted by molar-refractivity contribution is 6.30. The van der Waals surface area contributed by atoms with Gasteiger partial charge < -0.3 is 10.5 Å². The molecular formula is C17H21ClN2O. The Labute approximate surface area is 131 Å². The van der Waals surface area contributed by atoms with Crippen LogP contribution in [0.2, 0.25) is 5.02 Å². The Kier molecular flexibility index (Phi) is 5.62. The summed E-state index contributed by atoms with van der Waals surface area (Å²) in [5, 5.41) is 0.751. The molecule has 0 aliphatic carbocycles. The first kappa shape index (κ1) is 15.8. The second-order valence-electron chi connectivity index (χ2n) is 5.04. The van der Waals surface area contributed by atoms with Gasteiger partial charge in [-0.3, -0.25) is 4.90 Å². The molecule has 112 valence electrons. The van der Waals surface area contributed by atoms with Gasteiger partial charge in [0.15, 0.2) is 0 Å². The van der Waals surface area contributed by atoms with Crippen molar-refractivity contribution in [3.05, 3.63) is 64.7 Å². The van der Waals surface area contributed by atoms with Crippen molar-refractivity contribution in [2.45, 2.75) is 12.6 Å². The van der Waals surface area contributed by atoms with E-state index in [0.29, 0.717) is 6.54 Å². The van der Waals surface area contributed by atoms with E-state index in [0.717, 1.165) is 22.9 Å². The van der Waals surface area contributed by atoms with Crippen LogP contribution >= 0.6 is 11.6 Å². The number of ether oxygens (including phenoxy) is 1. The molecule has 3 nitrogen and oxygen atoms in total. The van der Waals surface area contributed by atoms with E-state index in [1.54, 1.807) is 7.11 Å². The van der Waals surface area contributed by atoms with E-state index in [1.807, 2.05) is 42.5 Å². The lowest BCUT2D eigenvalue weighted by molar-refractivity contribution is 0.236. The van der Waals surface area contributed by atoms with Gasteiger partial charge in [0.05, 0.1) is 13.2 Å². The predicted octanol–water partition coefficient (Wildman–Crippen LogP) is 3.48. The Morgan fingerprint density at radius 3 is 2.43 bits per heavy atom. The van der Waals surface area contributed by atoms with Crippen molar-refractivity contribution in [2.75, 3.05) is 20.7 Å². The number of rotatable bonds is 6. The minimum absolute atomic E-state index is 0.108. The molecule has 0 saturated heterocycles. The maximum absolute atomic E-state index is 5.99. The zero-order chi connectivity index (χ0) is 15.2. The molecule has 21 heavy (non-hydrogen) atoms. The fourth-order valence-electron chi connectivity index (χ4n) is 2.47. The van der Waals surface area contributed by atoms with Gasteiger partial charge in [0.25, 0.3) is 0 Å². The summed E-state index contributed by atoms with van der Waals surface area (Å²) in [7, 11) is 3.75. The first-order chi connectivity index (χ1) is 10.2. The van der Waals surface area contributed by atoms with Gasteiger partial charge in [-0.15, -0.1) is 0 Å². The standard InChI is InChI=1S/C17H21ClN2O/c1-20(12-13-7-9-14(18)10-8-13)16(11-19)15-5-3-4-6-17(15)21-2/h3-10,16H,11-12,19H2,1-2H3. The van der Waals surface area contributed by atoms with Gasteiger partial charge in [-0.2, -0.15) is 0 Å². The van der Waals surface area contributed by atoms with Gasteiger partial charge in [0.2, 0.25) is 0 Å². The number of nitrogens with zero attached hydrogens (tertiary/aromatic N) is 1. The summed E-state index contributed by atoms with van der Waals surface area (Å²) in [5.74, 6) is 0.871. The predicted molar refractivity (Wildman–Crippen MR) is 87.7 cm³/mol. The van der Waals surface area contributed by atoms with Crippen molar-refractivity contribution >= 4 is 11.6 Å². The highest BCUT2D eigenvalue weighted by Crippen LogP contribution is 2.28. The molecule has 2 aromatic rings. The lowest BCUT2D eigenvalue weighted by Crippen LogP contribution is -2.30. The van der Waals surface area contributed by atoms with Crippen LogP contribution in [0.4, 0.5) is 0 Å². The number of halogens is 1. The normalized spacial score (nSPS) is 12.4. The molecule has 2 aromatic carbocycles. The van der Waals surface area contributed by atoms with Gasteiger partial charge in [0, 0.05) is 23.7 Å². The zero-order valence-electron chi connectivity index (χ0n) is 12.4. The molecule has 0 aliphatic rings. The molecule has 0 amide bonds. The van der Waals surface area contributed by atoms with Crippen LogP contribution in [0.1, 0.15) is 17.2 Å². The maximum Gasteiger partial charge on any atom is 0.123 e. The van der Waals surface area contributed by atoms with E-state index in [2.05, 4.69) is 18.0 Å². The number of likely N-dealkylation sites (N-methyl/N-ethyl adjacent to an activating group) is 1. The SMILES string of the molecule is COc1ccccc1C(CN)N(C)Cc1ccc(Cl)cc1. The van der Waals surface area contributed by atoms with Crippen LogP contribution < -0.4 is 10.5 Å². The molecule has 0 fully saturated rings. The Morgan fingerprint density at radius 2 is 1.81 bits per heavy atom. The van der Waals surface area contributed by atoms with Crippen LogP contribution in [0.25, 0.3) is 0 Å².